The zero-order valence-electron chi connectivity index (χ0n) is 29.4. The number of aromatic nitrogens is 3. The van der Waals surface area contributed by atoms with E-state index in [0.29, 0.717) is 0 Å². The highest BCUT2D eigenvalue weighted by atomic mass is 16.7. The molecular formula is C49H35N3O2. The van der Waals surface area contributed by atoms with Gasteiger partial charge in [-0.3, -0.25) is 4.98 Å². The van der Waals surface area contributed by atoms with Crippen molar-refractivity contribution in [3.05, 3.63) is 222 Å². The average Bonchev–Trinajstić information content (AvgIpc) is 3.72. The topological polar surface area (TPSA) is 41.2 Å². The quantitative estimate of drug-likeness (QED) is 0.151. The molecule has 7 aromatic carbocycles. The Morgan fingerprint density at radius 2 is 0.796 bits per heavy atom. The lowest BCUT2D eigenvalue weighted by atomic mass is 9.87. The summed E-state index contributed by atoms with van der Waals surface area (Å²) >= 11 is 0. The van der Waals surface area contributed by atoms with Crippen LogP contribution in [0.3, 0.4) is 0 Å². The lowest BCUT2D eigenvalue weighted by Crippen LogP contribution is -2.08. The highest BCUT2D eigenvalue weighted by Gasteiger charge is 2.20. The maximum absolute atomic E-state index is 6.57. The number of para-hydroxylation sites is 4. The molecule has 0 radical (unpaired) electrons. The van der Waals surface area contributed by atoms with Crippen LogP contribution in [0.5, 0.6) is 11.5 Å². The third kappa shape index (κ3) is 5.73. The molecule has 0 unspecified atom stereocenters. The van der Waals surface area contributed by atoms with E-state index in [4.69, 9.17) is 14.7 Å². The second-order valence-electron chi connectivity index (χ2n) is 13.7. The second kappa shape index (κ2) is 13.5. The van der Waals surface area contributed by atoms with Crippen LogP contribution in [-0.4, -0.2) is 14.4 Å². The first kappa shape index (κ1) is 31.6. The molecule has 0 aliphatic carbocycles. The van der Waals surface area contributed by atoms with Gasteiger partial charge in [-0.25, -0.2) is 0 Å². The second-order valence-corrected chi connectivity index (χ2v) is 13.7. The molecule has 0 bridgehead atoms. The van der Waals surface area contributed by atoms with Gasteiger partial charge in [0.05, 0.1) is 33.7 Å². The fourth-order valence-corrected chi connectivity index (χ4v) is 7.70. The van der Waals surface area contributed by atoms with Crippen molar-refractivity contribution in [1.82, 2.24) is 14.4 Å². The maximum Gasteiger partial charge on any atom is 0.155 e. The van der Waals surface area contributed by atoms with Gasteiger partial charge < -0.3 is 9.68 Å². The summed E-state index contributed by atoms with van der Waals surface area (Å²) in [5, 5.41) is 4.66. The third-order valence-electron chi connectivity index (χ3n) is 10.3. The van der Waals surface area contributed by atoms with E-state index in [2.05, 4.69) is 158 Å². The molecule has 5 heteroatoms. The van der Waals surface area contributed by atoms with Crippen molar-refractivity contribution in [3.63, 3.8) is 0 Å². The van der Waals surface area contributed by atoms with Crippen molar-refractivity contribution < 1.29 is 9.68 Å². The summed E-state index contributed by atoms with van der Waals surface area (Å²) in [5.74, 6) is 1.40. The van der Waals surface area contributed by atoms with Gasteiger partial charge in [-0.15, -0.1) is 0 Å². The summed E-state index contributed by atoms with van der Waals surface area (Å²) < 4.78 is 3.86. The van der Waals surface area contributed by atoms with Crippen LogP contribution in [0.15, 0.2) is 194 Å². The summed E-state index contributed by atoms with van der Waals surface area (Å²) in [6.07, 6.45) is 2.84. The van der Waals surface area contributed by atoms with Crippen molar-refractivity contribution in [2.45, 2.75) is 12.3 Å². The first-order chi connectivity index (χ1) is 26.8. The lowest BCUT2D eigenvalue weighted by Gasteiger charge is -2.19. The maximum atomic E-state index is 6.57. The summed E-state index contributed by atoms with van der Waals surface area (Å²) in [5.41, 5.74) is 9.77. The first-order valence-electron chi connectivity index (χ1n) is 18.3. The van der Waals surface area contributed by atoms with Gasteiger partial charge in [0.2, 0.25) is 0 Å². The number of hydrogen-bond donors (Lipinski definition) is 0. The van der Waals surface area contributed by atoms with Crippen LogP contribution in [0.2, 0.25) is 0 Å². The Kier molecular flexibility index (Phi) is 7.88. The molecule has 5 nitrogen and oxygen atoms in total. The lowest BCUT2D eigenvalue weighted by molar-refractivity contribution is 0.241. The van der Waals surface area contributed by atoms with Gasteiger partial charge in [0, 0.05) is 27.7 Å². The summed E-state index contributed by atoms with van der Waals surface area (Å²) in [6, 6.07) is 65.1. The van der Waals surface area contributed by atoms with Crippen LogP contribution in [0.25, 0.3) is 43.6 Å². The highest BCUT2D eigenvalue weighted by molar-refractivity contribution is 6.08. The summed E-state index contributed by atoms with van der Waals surface area (Å²) in [7, 11) is 0. The fourth-order valence-electron chi connectivity index (χ4n) is 7.70. The fraction of sp³-hybridized carbons (Fsp3) is 0.0408. The Morgan fingerprint density at radius 3 is 1.20 bits per heavy atom. The SMILES string of the molecule is c1ccc(Cc2ccc(C(c3ccc(On4c5ccccc5c5ccccc54)cc3)c3ccc(On4c5ccccc5c5ccccc54)cc3)nc2)cc1. The molecule has 54 heavy (non-hydrogen) atoms. The third-order valence-corrected chi connectivity index (χ3v) is 10.3. The molecule has 0 saturated heterocycles. The molecule has 0 atom stereocenters. The van der Waals surface area contributed by atoms with Crippen LogP contribution in [0.1, 0.15) is 33.9 Å². The Bertz CT molecular complexity index is 2630. The predicted molar refractivity (Wildman–Crippen MR) is 218 cm³/mol. The average molecular weight is 698 g/mol. The van der Waals surface area contributed by atoms with Crippen LogP contribution in [0, 0.1) is 0 Å². The molecule has 0 fully saturated rings. The molecule has 0 spiro atoms. The van der Waals surface area contributed by atoms with E-state index in [1.165, 1.54) is 11.1 Å². The van der Waals surface area contributed by atoms with Gasteiger partial charge in [0.15, 0.2) is 11.5 Å². The number of nitrogens with zero attached hydrogens (tertiary/aromatic N) is 3. The number of pyridine rings is 1. The number of hydrogen-bond acceptors (Lipinski definition) is 3. The first-order valence-corrected chi connectivity index (χ1v) is 18.3. The van der Waals surface area contributed by atoms with E-state index < -0.39 is 0 Å². The number of fused-ring (bicyclic) bond motifs is 6. The van der Waals surface area contributed by atoms with Crippen molar-refractivity contribution in [1.29, 1.82) is 0 Å². The largest absolute Gasteiger partial charge is 0.375 e. The molecule has 0 aliphatic heterocycles. The summed E-state index contributed by atoms with van der Waals surface area (Å²) in [4.78, 5) is 18.2. The van der Waals surface area contributed by atoms with Crippen molar-refractivity contribution in [2.75, 3.05) is 0 Å². The van der Waals surface area contributed by atoms with Gasteiger partial charge >= 0.3 is 0 Å². The van der Waals surface area contributed by atoms with Crippen molar-refractivity contribution in [2.24, 2.45) is 0 Å². The molecule has 0 amide bonds. The Morgan fingerprint density at radius 1 is 0.389 bits per heavy atom. The van der Waals surface area contributed by atoms with Gasteiger partial charge in [-0.05, 0) is 83.3 Å². The van der Waals surface area contributed by atoms with Crippen molar-refractivity contribution in [3.8, 4) is 11.5 Å². The standard InChI is InChI=1S/C49H35N3O2/c1-2-12-34(13-3-1)32-35-22-31-44(50-33-35)49(36-23-27-38(28-24-36)53-51-45-18-8-4-14-40(45)41-15-5-9-19-46(41)51)37-25-29-39(30-26-37)54-52-47-20-10-6-16-42(47)43-17-7-11-21-48(43)52/h1-31,33,49H,32H2. The Balaban J connectivity index is 0.991. The van der Waals surface area contributed by atoms with E-state index in [9.17, 15) is 0 Å². The van der Waals surface area contributed by atoms with E-state index in [1.807, 2.05) is 46.0 Å². The molecule has 10 aromatic rings. The van der Waals surface area contributed by atoms with Gasteiger partial charge in [-0.2, -0.15) is 9.46 Å². The molecule has 0 aliphatic rings. The van der Waals surface area contributed by atoms with Crippen LogP contribution in [0.4, 0.5) is 0 Å². The van der Waals surface area contributed by atoms with E-state index in [1.54, 1.807) is 0 Å². The molecule has 0 N–H and O–H groups in total. The molecule has 0 saturated carbocycles. The number of rotatable bonds is 9. The van der Waals surface area contributed by atoms with E-state index >= 15 is 0 Å². The Labute approximate surface area is 312 Å². The minimum absolute atomic E-state index is 0.111. The van der Waals surface area contributed by atoms with E-state index in [-0.39, 0.29) is 5.92 Å². The molecule has 10 rings (SSSR count). The zero-order chi connectivity index (χ0) is 35.8. The van der Waals surface area contributed by atoms with Crippen LogP contribution in [-0.2, 0) is 6.42 Å². The monoisotopic (exact) mass is 697 g/mol. The predicted octanol–water partition coefficient (Wildman–Crippen LogP) is 11.8. The highest BCUT2D eigenvalue weighted by Crippen LogP contribution is 2.35. The molecule has 3 heterocycles. The summed E-state index contributed by atoms with van der Waals surface area (Å²) in [6.45, 7) is 0. The van der Waals surface area contributed by atoms with Crippen LogP contribution >= 0.6 is 0 Å². The number of benzene rings is 7. The van der Waals surface area contributed by atoms with Crippen LogP contribution < -0.4 is 9.68 Å². The van der Waals surface area contributed by atoms with Crippen molar-refractivity contribution >= 4 is 43.6 Å². The van der Waals surface area contributed by atoms with Gasteiger partial charge in [0.25, 0.3) is 0 Å². The van der Waals surface area contributed by atoms with Gasteiger partial charge in [0.1, 0.15) is 0 Å². The van der Waals surface area contributed by atoms with Gasteiger partial charge in [-0.1, -0.05) is 133 Å². The smallest absolute Gasteiger partial charge is 0.155 e. The molecule has 258 valence electrons. The zero-order valence-corrected chi connectivity index (χ0v) is 29.4. The Hall–Kier alpha value is -7.11. The van der Waals surface area contributed by atoms with E-state index in [0.717, 1.165) is 78.4 Å². The minimum atomic E-state index is -0.111. The molecular weight excluding hydrogens is 663 g/mol. The minimum Gasteiger partial charge on any atom is -0.375 e. The normalized spacial score (nSPS) is 11.6. The molecule has 3 aromatic heterocycles.